The van der Waals surface area contributed by atoms with Crippen molar-refractivity contribution in [3.8, 4) is 11.8 Å². The summed E-state index contributed by atoms with van der Waals surface area (Å²) in [5, 5.41) is 3.58. The maximum Gasteiger partial charge on any atom is 0.0103 e. The van der Waals surface area contributed by atoms with Crippen LogP contribution in [0.25, 0.3) is 0 Å². The van der Waals surface area contributed by atoms with Gasteiger partial charge in [-0.15, -0.1) is 11.8 Å². The molecule has 16 heavy (non-hydrogen) atoms. The molecule has 0 amide bonds. The summed E-state index contributed by atoms with van der Waals surface area (Å²) in [4.78, 5) is 0. The molecule has 0 aromatic carbocycles. The highest BCUT2D eigenvalue weighted by atomic mass is 14.9. The highest BCUT2D eigenvalue weighted by Gasteiger charge is 2.22. The Kier molecular flexibility index (Phi) is 7.51. The van der Waals surface area contributed by atoms with Crippen molar-refractivity contribution >= 4 is 0 Å². The van der Waals surface area contributed by atoms with Gasteiger partial charge in [0.05, 0.1) is 0 Å². The van der Waals surface area contributed by atoms with Crippen molar-refractivity contribution in [1.82, 2.24) is 5.32 Å². The molecule has 0 fully saturated rings. The Balaban J connectivity index is 4.14. The summed E-state index contributed by atoms with van der Waals surface area (Å²) in [6, 6.07) is 0.625. The Morgan fingerprint density at radius 3 is 2.31 bits per heavy atom. The third-order valence-corrected chi connectivity index (χ3v) is 3.40. The van der Waals surface area contributed by atoms with Gasteiger partial charge >= 0.3 is 0 Å². The lowest BCUT2D eigenvalue weighted by atomic mass is 9.78. The minimum atomic E-state index is 0.407. The zero-order valence-corrected chi connectivity index (χ0v) is 12.0. The Labute approximate surface area is 102 Å². The smallest absolute Gasteiger partial charge is 0.0103 e. The van der Waals surface area contributed by atoms with Crippen LogP contribution in [0, 0.1) is 23.2 Å². The highest BCUT2D eigenvalue weighted by molar-refractivity contribution is 4.95. The lowest BCUT2D eigenvalue weighted by molar-refractivity contribution is 0.220. The van der Waals surface area contributed by atoms with Gasteiger partial charge in [0.2, 0.25) is 0 Å². The van der Waals surface area contributed by atoms with E-state index < -0.39 is 0 Å². The van der Waals surface area contributed by atoms with Gasteiger partial charge in [-0.05, 0) is 37.6 Å². The van der Waals surface area contributed by atoms with E-state index in [1.54, 1.807) is 0 Å². The molecule has 0 aromatic rings. The third kappa shape index (κ3) is 6.90. The minimum absolute atomic E-state index is 0.407. The lowest BCUT2D eigenvalue weighted by Crippen LogP contribution is -2.33. The van der Waals surface area contributed by atoms with Crippen molar-refractivity contribution in [2.75, 3.05) is 6.54 Å². The average molecular weight is 223 g/mol. The molecule has 1 nitrogen and oxygen atoms in total. The number of hydrogen-bond donors (Lipinski definition) is 1. The van der Waals surface area contributed by atoms with Crippen LogP contribution >= 0.6 is 0 Å². The molecular formula is C15H29N. The molecule has 0 saturated heterocycles. The van der Waals surface area contributed by atoms with Crippen molar-refractivity contribution in [1.29, 1.82) is 0 Å². The summed E-state index contributed by atoms with van der Waals surface area (Å²) >= 11 is 0. The Morgan fingerprint density at radius 2 is 1.88 bits per heavy atom. The molecule has 0 rings (SSSR count). The van der Waals surface area contributed by atoms with Gasteiger partial charge in [-0.1, -0.05) is 34.6 Å². The van der Waals surface area contributed by atoms with Gasteiger partial charge in [-0.25, -0.2) is 0 Å². The molecule has 0 saturated carbocycles. The second kappa shape index (κ2) is 7.74. The highest BCUT2D eigenvalue weighted by Crippen LogP contribution is 2.29. The molecule has 2 unspecified atom stereocenters. The van der Waals surface area contributed by atoms with Gasteiger partial charge in [-0.3, -0.25) is 0 Å². The summed E-state index contributed by atoms with van der Waals surface area (Å²) < 4.78 is 0. The van der Waals surface area contributed by atoms with Crippen molar-refractivity contribution in [2.45, 2.75) is 66.8 Å². The topological polar surface area (TPSA) is 12.0 Å². The van der Waals surface area contributed by atoms with Gasteiger partial charge < -0.3 is 5.32 Å². The van der Waals surface area contributed by atoms with E-state index in [9.17, 15) is 0 Å². The quantitative estimate of drug-likeness (QED) is 0.675. The van der Waals surface area contributed by atoms with Crippen LogP contribution in [0.5, 0.6) is 0 Å². The molecule has 0 aliphatic rings. The van der Waals surface area contributed by atoms with Crippen LogP contribution in [0.15, 0.2) is 0 Å². The van der Waals surface area contributed by atoms with Gasteiger partial charge in [-0.2, -0.15) is 0 Å². The van der Waals surface area contributed by atoms with E-state index in [-0.39, 0.29) is 0 Å². The van der Waals surface area contributed by atoms with Gasteiger partial charge in [0, 0.05) is 12.5 Å². The monoisotopic (exact) mass is 223 g/mol. The molecule has 0 heterocycles. The van der Waals surface area contributed by atoms with E-state index in [4.69, 9.17) is 0 Å². The van der Waals surface area contributed by atoms with Crippen LogP contribution in [0.1, 0.15) is 60.8 Å². The van der Waals surface area contributed by atoms with Crippen molar-refractivity contribution in [3.05, 3.63) is 0 Å². The van der Waals surface area contributed by atoms with Gasteiger partial charge in [0.25, 0.3) is 0 Å². The second-order valence-electron chi connectivity index (χ2n) is 5.72. The predicted octanol–water partition coefficient (Wildman–Crippen LogP) is 3.84. The molecule has 0 aromatic heterocycles. The first kappa shape index (κ1) is 15.5. The minimum Gasteiger partial charge on any atom is -0.314 e. The zero-order valence-electron chi connectivity index (χ0n) is 12.0. The maximum atomic E-state index is 3.58. The van der Waals surface area contributed by atoms with Crippen LogP contribution in [0.2, 0.25) is 0 Å². The molecule has 0 aliphatic carbocycles. The van der Waals surface area contributed by atoms with E-state index >= 15 is 0 Å². The molecule has 1 N–H and O–H groups in total. The summed E-state index contributed by atoms with van der Waals surface area (Å²) in [5.74, 6) is 6.87. The molecule has 1 heteroatoms. The van der Waals surface area contributed by atoms with Crippen LogP contribution < -0.4 is 5.32 Å². The van der Waals surface area contributed by atoms with Gasteiger partial charge in [0.15, 0.2) is 0 Å². The first-order chi connectivity index (χ1) is 7.41. The fourth-order valence-electron chi connectivity index (χ4n) is 1.74. The number of rotatable bonds is 6. The summed E-state index contributed by atoms with van der Waals surface area (Å²) in [7, 11) is 0. The standard InChI is InChI=1S/C15H29N/c1-7-9-10-11-14(16-8-2)12-13(3)15(4,5)6/h13-14,16H,8,10-12H2,1-6H3. The Bertz CT molecular complexity index is 226. The summed E-state index contributed by atoms with van der Waals surface area (Å²) in [6.45, 7) is 14.5. The molecule has 0 spiro atoms. The van der Waals surface area contributed by atoms with Gasteiger partial charge in [0.1, 0.15) is 0 Å². The van der Waals surface area contributed by atoms with Crippen molar-refractivity contribution in [2.24, 2.45) is 11.3 Å². The third-order valence-electron chi connectivity index (χ3n) is 3.40. The lowest BCUT2D eigenvalue weighted by Gasteiger charge is -2.31. The largest absolute Gasteiger partial charge is 0.314 e. The van der Waals surface area contributed by atoms with E-state index in [1.807, 2.05) is 6.92 Å². The number of hydrogen-bond acceptors (Lipinski definition) is 1. The fraction of sp³-hybridized carbons (Fsp3) is 0.867. The van der Waals surface area contributed by atoms with E-state index in [1.165, 1.54) is 12.8 Å². The average Bonchev–Trinajstić information content (AvgIpc) is 2.16. The molecule has 94 valence electrons. The van der Waals surface area contributed by atoms with Crippen LogP contribution in [-0.2, 0) is 0 Å². The van der Waals surface area contributed by atoms with Crippen molar-refractivity contribution in [3.63, 3.8) is 0 Å². The molecule has 0 radical (unpaired) electrons. The second-order valence-corrected chi connectivity index (χ2v) is 5.72. The first-order valence-electron chi connectivity index (χ1n) is 6.54. The van der Waals surface area contributed by atoms with Crippen LogP contribution in [-0.4, -0.2) is 12.6 Å². The molecule has 0 bridgehead atoms. The number of nitrogens with one attached hydrogen (secondary N) is 1. The molecule has 0 aliphatic heterocycles. The van der Waals surface area contributed by atoms with Crippen LogP contribution in [0.4, 0.5) is 0 Å². The Morgan fingerprint density at radius 1 is 1.25 bits per heavy atom. The van der Waals surface area contributed by atoms with Crippen molar-refractivity contribution < 1.29 is 0 Å². The summed E-state index contributed by atoms with van der Waals surface area (Å²) in [5.41, 5.74) is 0.407. The van der Waals surface area contributed by atoms with E-state index in [2.05, 4.69) is 51.8 Å². The molecular weight excluding hydrogens is 194 g/mol. The fourth-order valence-corrected chi connectivity index (χ4v) is 1.74. The van der Waals surface area contributed by atoms with Crippen LogP contribution in [0.3, 0.4) is 0 Å². The Hall–Kier alpha value is -0.480. The summed E-state index contributed by atoms with van der Waals surface area (Å²) in [6.07, 6.45) is 3.45. The maximum absolute atomic E-state index is 3.58. The molecule has 2 atom stereocenters. The predicted molar refractivity (Wildman–Crippen MR) is 73.4 cm³/mol. The van der Waals surface area contributed by atoms with E-state index in [0.29, 0.717) is 11.5 Å². The van der Waals surface area contributed by atoms with E-state index in [0.717, 1.165) is 18.9 Å². The first-order valence-corrected chi connectivity index (χ1v) is 6.54. The normalized spacial score (nSPS) is 15.1. The zero-order chi connectivity index (χ0) is 12.6. The SMILES string of the molecule is CC#CCCC(CC(C)C(C)(C)C)NCC.